The number of nitrogens with zero attached hydrogens (tertiary/aromatic N) is 1. The van der Waals surface area contributed by atoms with Gasteiger partial charge in [0.25, 0.3) is 0 Å². The fraction of sp³-hybridized carbons (Fsp3) is 0.435. The second kappa shape index (κ2) is 7.41. The number of amides is 1. The highest BCUT2D eigenvalue weighted by Crippen LogP contribution is 2.46. The number of aryl methyl sites for hydroxylation is 2. The summed E-state index contributed by atoms with van der Waals surface area (Å²) < 4.78 is 0. The number of rotatable bonds is 3. The minimum Gasteiger partial charge on any atom is -0.397 e. The van der Waals surface area contributed by atoms with Crippen LogP contribution in [0.2, 0.25) is 5.02 Å². The van der Waals surface area contributed by atoms with Crippen molar-refractivity contribution in [1.29, 1.82) is 0 Å². The highest BCUT2D eigenvalue weighted by atomic mass is 35.5. The van der Waals surface area contributed by atoms with Gasteiger partial charge in [0.1, 0.15) is 0 Å². The van der Waals surface area contributed by atoms with Gasteiger partial charge in [-0.05, 0) is 87.0 Å². The van der Waals surface area contributed by atoms with Gasteiger partial charge in [-0.3, -0.25) is 9.69 Å². The second-order valence-corrected chi connectivity index (χ2v) is 8.83. The number of nitrogens with two attached hydrogens (primary N) is 1. The van der Waals surface area contributed by atoms with E-state index in [2.05, 4.69) is 29.4 Å². The van der Waals surface area contributed by atoms with Crippen LogP contribution in [0, 0.1) is 19.8 Å². The molecule has 4 atom stereocenters. The van der Waals surface area contributed by atoms with Gasteiger partial charge in [0.2, 0.25) is 5.91 Å². The lowest BCUT2D eigenvalue weighted by Crippen LogP contribution is -2.50. The van der Waals surface area contributed by atoms with Crippen molar-refractivity contribution in [3.05, 3.63) is 58.1 Å². The summed E-state index contributed by atoms with van der Waals surface area (Å²) in [5.41, 5.74) is 11.0. The van der Waals surface area contributed by atoms with Gasteiger partial charge >= 0.3 is 0 Å². The van der Waals surface area contributed by atoms with E-state index in [1.165, 1.54) is 5.56 Å². The number of halogens is 1. The van der Waals surface area contributed by atoms with Crippen molar-refractivity contribution in [3.63, 3.8) is 0 Å². The average molecular weight is 398 g/mol. The Bertz CT molecular complexity index is 895. The van der Waals surface area contributed by atoms with Crippen molar-refractivity contribution in [1.82, 2.24) is 4.90 Å². The number of benzene rings is 2. The Labute approximate surface area is 172 Å². The molecule has 4 nitrogen and oxygen atoms in total. The summed E-state index contributed by atoms with van der Waals surface area (Å²) in [5.74, 6) is 0.150. The minimum atomic E-state index is -0.106. The van der Waals surface area contributed by atoms with E-state index in [4.69, 9.17) is 17.3 Å². The van der Waals surface area contributed by atoms with Crippen LogP contribution in [0.15, 0.2) is 36.4 Å². The molecule has 4 rings (SSSR count). The summed E-state index contributed by atoms with van der Waals surface area (Å²) in [7, 11) is 2.16. The molecule has 0 aliphatic carbocycles. The molecule has 0 spiro atoms. The van der Waals surface area contributed by atoms with Crippen molar-refractivity contribution in [2.45, 2.75) is 51.1 Å². The zero-order valence-corrected chi connectivity index (χ0v) is 17.5. The second-order valence-electron chi connectivity index (χ2n) is 8.40. The Kier molecular flexibility index (Phi) is 5.11. The molecule has 2 aliphatic rings. The zero-order valence-electron chi connectivity index (χ0n) is 16.7. The number of hydrogen-bond donors (Lipinski definition) is 2. The molecular formula is C23H28ClN3O. The van der Waals surface area contributed by atoms with Crippen LogP contribution in [-0.2, 0) is 4.79 Å². The van der Waals surface area contributed by atoms with Crippen molar-refractivity contribution in [2.75, 3.05) is 18.1 Å². The van der Waals surface area contributed by atoms with E-state index in [1.54, 1.807) is 0 Å². The third-order valence-electron chi connectivity index (χ3n) is 6.79. The normalized spacial score (nSPS) is 27.0. The molecular weight excluding hydrogens is 370 g/mol. The molecule has 2 aliphatic heterocycles. The largest absolute Gasteiger partial charge is 0.397 e. The fourth-order valence-corrected chi connectivity index (χ4v) is 5.17. The number of piperidine rings is 1. The predicted octanol–water partition coefficient (Wildman–Crippen LogP) is 4.74. The molecule has 28 heavy (non-hydrogen) atoms. The maximum absolute atomic E-state index is 13.5. The molecule has 5 heteroatoms. The quantitative estimate of drug-likeness (QED) is 0.735. The lowest BCUT2D eigenvalue weighted by Gasteiger charge is -2.42. The minimum absolute atomic E-state index is 0.0621. The Morgan fingerprint density at radius 3 is 2.54 bits per heavy atom. The van der Waals surface area contributed by atoms with E-state index in [0.717, 1.165) is 35.4 Å². The molecule has 0 aromatic heterocycles. The van der Waals surface area contributed by atoms with Crippen LogP contribution in [0.25, 0.3) is 0 Å². The lowest BCUT2D eigenvalue weighted by molar-refractivity contribution is -0.124. The van der Waals surface area contributed by atoms with Crippen LogP contribution in [0.1, 0.15) is 41.9 Å². The Morgan fingerprint density at radius 2 is 1.82 bits per heavy atom. The number of anilines is 2. The first-order chi connectivity index (χ1) is 13.3. The predicted molar refractivity (Wildman–Crippen MR) is 116 cm³/mol. The number of carbonyl (C=O) groups is 1. The van der Waals surface area contributed by atoms with E-state index < -0.39 is 0 Å². The monoisotopic (exact) mass is 397 g/mol. The Hall–Kier alpha value is -2.04. The molecule has 2 aromatic carbocycles. The van der Waals surface area contributed by atoms with E-state index in [0.29, 0.717) is 17.4 Å². The van der Waals surface area contributed by atoms with E-state index in [-0.39, 0.29) is 23.8 Å². The van der Waals surface area contributed by atoms with Crippen molar-refractivity contribution in [2.24, 2.45) is 5.92 Å². The maximum Gasteiger partial charge on any atom is 0.229 e. The Morgan fingerprint density at radius 1 is 1.14 bits per heavy atom. The van der Waals surface area contributed by atoms with Gasteiger partial charge in [-0.1, -0.05) is 23.7 Å². The van der Waals surface area contributed by atoms with Gasteiger partial charge in [-0.2, -0.15) is 0 Å². The molecule has 1 amide bonds. The first-order valence-electron chi connectivity index (χ1n) is 10.00. The molecule has 2 bridgehead atoms. The van der Waals surface area contributed by atoms with Crippen LogP contribution in [-0.4, -0.2) is 29.9 Å². The molecule has 0 saturated carbocycles. The van der Waals surface area contributed by atoms with Gasteiger partial charge in [-0.25, -0.2) is 0 Å². The van der Waals surface area contributed by atoms with E-state index >= 15 is 0 Å². The smallest absolute Gasteiger partial charge is 0.229 e. The molecule has 0 radical (unpaired) electrons. The van der Waals surface area contributed by atoms with E-state index in [9.17, 15) is 4.79 Å². The summed E-state index contributed by atoms with van der Waals surface area (Å²) in [4.78, 5) is 15.9. The number of nitrogen functional groups attached to an aromatic ring is 1. The van der Waals surface area contributed by atoms with E-state index in [1.807, 2.05) is 38.1 Å². The molecule has 148 valence electrons. The average Bonchev–Trinajstić information content (AvgIpc) is 2.89. The molecule has 2 heterocycles. The number of hydrogen-bond acceptors (Lipinski definition) is 3. The van der Waals surface area contributed by atoms with Crippen LogP contribution < -0.4 is 11.1 Å². The van der Waals surface area contributed by atoms with Gasteiger partial charge in [-0.15, -0.1) is 0 Å². The van der Waals surface area contributed by atoms with Crippen LogP contribution >= 0.6 is 11.6 Å². The van der Waals surface area contributed by atoms with Gasteiger partial charge < -0.3 is 11.1 Å². The lowest BCUT2D eigenvalue weighted by atomic mass is 9.75. The fourth-order valence-electron chi connectivity index (χ4n) is 5.04. The van der Waals surface area contributed by atoms with Crippen molar-refractivity contribution >= 4 is 28.9 Å². The topological polar surface area (TPSA) is 58.4 Å². The zero-order chi connectivity index (χ0) is 20.0. The molecule has 2 unspecified atom stereocenters. The summed E-state index contributed by atoms with van der Waals surface area (Å²) >= 11 is 6.09. The maximum atomic E-state index is 13.5. The van der Waals surface area contributed by atoms with Crippen molar-refractivity contribution < 1.29 is 4.79 Å². The molecule has 2 saturated heterocycles. The summed E-state index contributed by atoms with van der Waals surface area (Å²) in [6, 6.07) is 12.7. The molecule has 3 N–H and O–H groups in total. The first kappa shape index (κ1) is 19.3. The third kappa shape index (κ3) is 3.40. The number of carbonyl (C=O) groups excluding carboxylic acids is 1. The summed E-state index contributed by atoms with van der Waals surface area (Å²) in [6.45, 7) is 4.07. The van der Waals surface area contributed by atoms with Crippen LogP contribution in [0.5, 0.6) is 0 Å². The SMILES string of the molecule is Cc1cc(N)c(NC(=O)C2C3CC[C@H](C[C@@H]2c2ccc(Cl)cc2)N3C)cc1C. The summed E-state index contributed by atoms with van der Waals surface area (Å²) in [5, 5.41) is 3.87. The van der Waals surface area contributed by atoms with Gasteiger partial charge in [0.15, 0.2) is 0 Å². The molecule has 2 aromatic rings. The third-order valence-corrected chi connectivity index (χ3v) is 7.05. The van der Waals surface area contributed by atoms with Crippen LogP contribution in [0.4, 0.5) is 11.4 Å². The molecule has 2 fully saturated rings. The highest BCUT2D eigenvalue weighted by molar-refractivity contribution is 6.30. The standard InChI is InChI=1S/C23H28ClN3O/c1-13-10-19(25)20(11-14(13)2)26-23(28)22-18(15-4-6-16(24)7-5-15)12-17-8-9-21(22)27(17)3/h4-7,10-11,17-18,21-22H,8-9,12,25H2,1-3H3,(H,26,28)/t17-,18-,21?,22?/m1/s1. The summed E-state index contributed by atoms with van der Waals surface area (Å²) in [6.07, 6.45) is 3.21. The number of nitrogens with one attached hydrogen (secondary N) is 1. The first-order valence-corrected chi connectivity index (χ1v) is 10.4. The Balaban J connectivity index is 1.66. The van der Waals surface area contributed by atoms with Gasteiger partial charge in [0.05, 0.1) is 17.3 Å². The number of fused-ring (bicyclic) bond motifs is 2. The van der Waals surface area contributed by atoms with Gasteiger partial charge in [0, 0.05) is 17.1 Å². The highest BCUT2D eigenvalue weighted by Gasteiger charge is 2.49. The van der Waals surface area contributed by atoms with Crippen LogP contribution in [0.3, 0.4) is 0 Å². The van der Waals surface area contributed by atoms with Crippen molar-refractivity contribution in [3.8, 4) is 0 Å².